The molecule has 0 saturated heterocycles. The van der Waals surface area contributed by atoms with Crippen LogP contribution < -0.4 is 20.1 Å². The molecule has 0 heterocycles. The SMILES string of the molecule is CN[C@H](C(=O)N[C@H](C(=O)N(C)[C@H](/C=C(\C)C(=O)NS(=O)(=O)Cc1ccccc1)C(C)C)C(C)(C)C)C(C)(C)c1ccc(OC)cc1. The number of likely N-dealkylation sites (N-methyl/N-ethyl adjacent to an activating group) is 2. The van der Waals surface area contributed by atoms with Crippen LogP contribution in [0.15, 0.2) is 66.2 Å². The minimum absolute atomic E-state index is 0.131. The van der Waals surface area contributed by atoms with E-state index in [1.54, 1.807) is 57.6 Å². The number of carbonyl (C=O) groups is 3. The van der Waals surface area contributed by atoms with Crippen LogP contribution in [0.1, 0.15) is 66.5 Å². The minimum atomic E-state index is -3.94. The molecule has 3 N–H and O–H groups in total. The van der Waals surface area contributed by atoms with Gasteiger partial charge in [-0.3, -0.25) is 14.4 Å². The first-order valence-corrected chi connectivity index (χ1v) is 17.1. The molecule has 254 valence electrons. The third-order valence-corrected chi connectivity index (χ3v) is 9.42. The number of hydrogen-bond acceptors (Lipinski definition) is 7. The summed E-state index contributed by atoms with van der Waals surface area (Å²) >= 11 is 0. The molecule has 0 radical (unpaired) electrons. The Morgan fingerprint density at radius 3 is 1.98 bits per heavy atom. The zero-order valence-corrected chi connectivity index (χ0v) is 29.9. The number of ether oxygens (including phenoxy) is 1. The van der Waals surface area contributed by atoms with Crippen molar-refractivity contribution in [3.63, 3.8) is 0 Å². The normalized spacial score (nSPS) is 14.7. The molecule has 0 aliphatic carbocycles. The van der Waals surface area contributed by atoms with Crippen molar-refractivity contribution in [2.45, 2.75) is 84.7 Å². The Labute approximate surface area is 275 Å². The van der Waals surface area contributed by atoms with E-state index >= 15 is 0 Å². The van der Waals surface area contributed by atoms with Gasteiger partial charge in [-0.25, -0.2) is 13.1 Å². The second-order valence-electron chi connectivity index (χ2n) is 13.7. The number of benzene rings is 2. The Kier molecular flexibility index (Phi) is 13.2. The molecule has 0 unspecified atom stereocenters. The van der Waals surface area contributed by atoms with E-state index in [2.05, 4.69) is 15.4 Å². The van der Waals surface area contributed by atoms with E-state index in [9.17, 15) is 22.8 Å². The monoisotopic (exact) mass is 656 g/mol. The smallest absolute Gasteiger partial charge is 0.260 e. The molecule has 46 heavy (non-hydrogen) atoms. The average molecular weight is 657 g/mol. The van der Waals surface area contributed by atoms with Gasteiger partial charge in [0.2, 0.25) is 21.8 Å². The van der Waals surface area contributed by atoms with Crippen LogP contribution >= 0.6 is 0 Å². The highest BCUT2D eigenvalue weighted by atomic mass is 32.2. The molecule has 2 aromatic rings. The summed E-state index contributed by atoms with van der Waals surface area (Å²) in [4.78, 5) is 42.4. The molecule has 0 bridgehead atoms. The van der Waals surface area contributed by atoms with E-state index in [0.29, 0.717) is 11.3 Å². The number of hydrogen-bond donors (Lipinski definition) is 3. The summed E-state index contributed by atoms with van der Waals surface area (Å²) in [7, 11) is 0.989. The molecular formula is C35H52N4O6S. The summed E-state index contributed by atoms with van der Waals surface area (Å²) in [5.74, 6) is -1.19. The molecular weight excluding hydrogens is 604 g/mol. The Hall–Kier alpha value is -3.70. The first-order chi connectivity index (χ1) is 21.2. The highest BCUT2D eigenvalue weighted by molar-refractivity contribution is 7.89. The molecule has 0 spiro atoms. The summed E-state index contributed by atoms with van der Waals surface area (Å²) in [5.41, 5.74) is 0.327. The lowest BCUT2D eigenvalue weighted by atomic mass is 9.76. The largest absolute Gasteiger partial charge is 0.497 e. The third-order valence-electron chi connectivity index (χ3n) is 8.21. The first kappa shape index (κ1) is 38.5. The number of sulfonamides is 1. The summed E-state index contributed by atoms with van der Waals surface area (Å²) in [6.45, 7) is 14.9. The Morgan fingerprint density at radius 1 is 0.935 bits per heavy atom. The molecule has 0 fully saturated rings. The number of amides is 3. The van der Waals surface area contributed by atoms with Crippen LogP contribution in [-0.4, -0.2) is 70.4 Å². The summed E-state index contributed by atoms with van der Waals surface area (Å²) in [6, 6.07) is 14.0. The van der Waals surface area contributed by atoms with E-state index in [-0.39, 0.29) is 29.1 Å². The maximum absolute atomic E-state index is 14.1. The fourth-order valence-corrected chi connectivity index (χ4v) is 6.51. The van der Waals surface area contributed by atoms with Gasteiger partial charge in [0.1, 0.15) is 11.8 Å². The van der Waals surface area contributed by atoms with Crippen LogP contribution in [0, 0.1) is 11.3 Å². The molecule has 0 aliphatic rings. The molecule has 11 heteroatoms. The van der Waals surface area contributed by atoms with Gasteiger partial charge in [-0.15, -0.1) is 0 Å². The predicted octanol–water partition coefficient (Wildman–Crippen LogP) is 4.17. The van der Waals surface area contributed by atoms with Gasteiger partial charge in [-0.2, -0.15) is 0 Å². The highest BCUT2D eigenvalue weighted by Gasteiger charge is 2.41. The van der Waals surface area contributed by atoms with Crippen molar-refractivity contribution in [3.8, 4) is 5.75 Å². The predicted molar refractivity (Wildman–Crippen MR) is 183 cm³/mol. The van der Waals surface area contributed by atoms with Crippen molar-refractivity contribution in [2.24, 2.45) is 11.3 Å². The molecule has 0 aromatic heterocycles. The van der Waals surface area contributed by atoms with E-state index < -0.39 is 44.9 Å². The topological polar surface area (TPSA) is 134 Å². The standard InChI is InChI=1S/C35H52N4O6S/c1-23(2)28(21-24(3)31(40)38-46(43,44)22-25-15-13-12-14-16-25)39(10)33(42)30(34(4,5)6)37-32(41)29(36-9)35(7,8)26-17-19-27(45-11)20-18-26/h12-21,23,28-30,36H,22H2,1-11H3,(H,37,41)(H,38,40)/b24-21+/t28-,29-,30-/m1/s1. The van der Waals surface area contributed by atoms with Crippen molar-refractivity contribution < 1.29 is 27.5 Å². The fourth-order valence-electron chi connectivity index (χ4n) is 5.37. The molecule has 2 aromatic carbocycles. The number of rotatable bonds is 14. The molecule has 0 saturated carbocycles. The second kappa shape index (κ2) is 15.7. The van der Waals surface area contributed by atoms with Gasteiger partial charge in [0, 0.05) is 18.0 Å². The van der Waals surface area contributed by atoms with Crippen LogP contribution in [0.25, 0.3) is 0 Å². The quantitative estimate of drug-likeness (QED) is 0.260. The van der Waals surface area contributed by atoms with Gasteiger partial charge >= 0.3 is 0 Å². The van der Waals surface area contributed by atoms with Gasteiger partial charge in [0.25, 0.3) is 5.91 Å². The van der Waals surface area contributed by atoms with Gasteiger partial charge in [0.15, 0.2) is 0 Å². The summed E-state index contributed by atoms with van der Waals surface area (Å²) in [5, 5.41) is 6.15. The molecule has 3 atom stereocenters. The van der Waals surface area contributed by atoms with Gasteiger partial charge in [-0.05, 0) is 48.6 Å². The number of carbonyl (C=O) groups excluding carboxylic acids is 3. The third kappa shape index (κ3) is 10.2. The molecule has 0 aliphatic heterocycles. The van der Waals surface area contributed by atoms with Gasteiger partial charge in [0.05, 0.1) is 24.9 Å². The highest BCUT2D eigenvalue weighted by Crippen LogP contribution is 2.30. The van der Waals surface area contributed by atoms with Crippen LogP contribution in [0.2, 0.25) is 0 Å². The minimum Gasteiger partial charge on any atom is -0.497 e. The number of nitrogens with zero attached hydrogens (tertiary/aromatic N) is 1. The fraction of sp³-hybridized carbons (Fsp3) is 0.514. The lowest BCUT2D eigenvalue weighted by Crippen LogP contribution is -2.61. The van der Waals surface area contributed by atoms with E-state index in [1.165, 1.54) is 11.8 Å². The van der Waals surface area contributed by atoms with Crippen molar-refractivity contribution >= 4 is 27.7 Å². The summed E-state index contributed by atoms with van der Waals surface area (Å²) < 4.78 is 32.8. The van der Waals surface area contributed by atoms with Crippen molar-refractivity contribution in [1.29, 1.82) is 0 Å². The van der Waals surface area contributed by atoms with Crippen LogP contribution in [0.4, 0.5) is 0 Å². The zero-order chi connectivity index (χ0) is 35.0. The maximum atomic E-state index is 14.1. The number of nitrogens with one attached hydrogen (secondary N) is 3. The van der Waals surface area contributed by atoms with Crippen molar-refractivity contribution in [3.05, 3.63) is 77.4 Å². The maximum Gasteiger partial charge on any atom is 0.260 e. The van der Waals surface area contributed by atoms with Crippen LogP contribution in [-0.2, 0) is 35.6 Å². The van der Waals surface area contributed by atoms with E-state index in [4.69, 9.17) is 4.74 Å². The van der Waals surface area contributed by atoms with Gasteiger partial charge in [-0.1, -0.05) is 97.0 Å². The first-order valence-electron chi connectivity index (χ1n) is 15.4. The second-order valence-corrected chi connectivity index (χ2v) is 15.4. The molecule has 3 amide bonds. The van der Waals surface area contributed by atoms with Crippen molar-refractivity contribution in [2.75, 3.05) is 21.2 Å². The zero-order valence-electron chi connectivity index (χ0n) is 29.1. The summed E-state index contributed by atoms with van der Waals surface area (Å²) in [6.07, 6.45) is 1.60. The average Bonchev–Trinajstić information content (AvgIpc) is 2.97. The Morgan fingerprint density at radius 2 is 1.50 bits per heavy atom. The van der Waals surface area contributed by atoms with Crippen LogP contribution in [0.5, 0.6) is 5.75 Å². The van der Waals surface area contributed by atoms with Crippen molar-refractivity contribution in [1.82, 2.24) is 20.3 Å². The van der Waals surface area contributed by atoms with Crippen LogP contribution in [0.3, 0.4) is 0 Å². The van der Waals surface area contributed by atoms with Gasteiger partial charge < -0.3 is 20.3 Å². The van der Waals surface area contributed by atoms with E-state index in [1.807, 2.05) is 72.7 Å². The lowest BCUT2D eigenvalue weighted by Gasteiger charge is -2.40. The number of methoxy groups -OCH3 is 1. The Bertz CT molecular complexity index is 1480. The van der Waals surface area contributed by atoms with E-state index in [0.717, 1.165) is 5.56 Å². The molecule has 2 rings (SSSR count). The lowest BCUT2D eigenvalue weighted by molar-refractivity contribution is -0.140. The molecule has 10 nitrogen and oxygen atoms in total. The Balaban J connectivity index is 2.30.